The zero-order valence-electron chi connectivity index (χ0n) is 18.2. The van der Waals surface area contributed by atoms with Crippen LogP contribution < -0.4 is 4.74 Å². The third-order valence-corrected chi connectivity index (χ3v) is 5.90. The van der Waals surface area contributed by atoms with Crippen molar-refractivity contribution < 1.29 is 34.6 Å². The van der Waals surface area contributed by atoms with Crippen molar-refractivity contribution in [2.24, 2.45) is 0 Å². The summed E-state index contributed by atoms with van der Waals surface area (Å²) in [7, 11) is 1.47. The lowest BCUT2D eigenvalue weighted by atomic mass is 9.79. The summed E-state index contributed by atoms with van der Waals surface area (Å²) < 4.78 is 16.8. The van der Waals surface area contributed by atoms with E-state index in [4.69, 9.17) is 14.2 Å². The quantitative estimate of drug-likeness (QED) is 0.498. The number of aliphatic hydroxyl groups is 4. The van der Waals surface area contributed by atoms with Gasteiger partial charge in [0.1, 0.15) is 35.8 Å². The van der Waals surface area contributed by atoms with Gasteiger partial charge in [-0.15, -0.1) is 0 Å². The van der Waals surface area contributed by atoms with Gasteiger partial charge in [-0.3, -0.25) is 0 Å². The molecule has 0 aliphatic carbocycles. The van der Waals surface area contributed by atoms with Crippen LogP contribution >= 0.6 is 0 Å². The number of hydrogen-bond donors (Lipinski definition) is 4. The molecule has 1 saturated heterocycles. The molecule has 0 radical (unpaired) electrons. The first-order valence-corrected chi connectivity index (χ1v) is 10.5. The molecule has 170 valence electrons. The van der Waals surface area contributed by atoms with Gasteiger partial charge in [-0.2, -0.15) is 0 Å². The van der Waals surface area contributed by atoms with E-state index in [2.05, 4.69) is 0 Å². The zero-order chi connectivity index (χ0) is 22.6. The van der Waals surface area contributed by atoms with Crippen LogP contribution in [-0.2, 0) is 21.5 Å². The lowest BCUT2D eigenvalue weighted by Crippen LogP contribution is -2.65. The molecular formula is C24H32O7. The van der Waals surface area contributed by atoms with Gasteiger partial charge in [0, 0.05) is 7.11 Å². The number of benzene rings is 2. The first kappa shape index (κ1) is 23.7. The molecule has 0 spiro atoms. The molecule has 31 heavy (non-hydrogen) atoms. The van der Waals surface area contributed by atoms with Gasteiger partial charge in [-0.1, -0.05) is 30.3 Å². The zero-order valence-corrected chi connectivity index (χ0v) is 18.2. The molecule has 0 aromatic heterocycles. The summed E-state index contributed by atoms with van der Waals surface area (Å²) in [4.78, 5) is 0. The van der Waals surface area contributed by atoms with Gasteiger partial charge in [-0.25, -0.2) is 0 Å². The molecule has 0 unspecified atom stereocenters. The Morgan fingerprint density at radius 3 is 2.35 bits per heavy atom. The highest BCUT2D eigenvalue weighted by molar-refractivity contribution is 5.40. The smallest absolute Gasteiger partial charge is 0.145 e. The number of ether oxygens (including phenoxy) is 3. The number of methoxy groups -OCH3 is 1. The second kappa shape index (κ2) is 10.1. The van der Waals surface area contributed by atoms with E-state index in [0.717, 1.165) is 22.4 Å². The molecule has 0 bridgehead atoms. The molecule has 3 rings (SSSR count). The van der Waals surface area contributed by atoms with E-state index >= 15 is 0 Å². The van der Waals surface area contributed by atoms with Crippen LogP contribution in [0.3, 0.4) is 0 Å². The van der Waals surface area contributed by atoms with Crippen LogP contribution in [0.2, 0.25) is 0 Å². The van der Waals surface area contributed by atoms with Gasteiger partial charge >= 0.3 is 0 Å². The number of aryl methyl sites for hydroxylation is 1. The highest BCUT2D eigenvalue weighted by atomic mass is 16.6. The lowest BCUT2D eigenvalue weighted by Gasteiger charge is -2.48. The van der Waals surface area contributed by atoms with E-state index in [0.29, 0.717) is 18.6 Å². The van der Waals surface area contributed by atoms with E-state index in [1.807, 2.05) is 56.3 Å². The predicted molar refractivity (Wildman–Crippen MR) is 115 cm³/mol. The van der Waals surface area contributed by atoms with Crippen molar-refractivity contribution in [2.75, 3.05) is 26.9 Å². The third kappa shape index (κ3) is 4.77. The molecule has 0 amide bonds. The Kier molecular flexibility index (Phi) is 7.69. The summed E-state index contributed by atoms with van der Waals surface area (Å²) in [6.45, 7) is 4.00. The summed E-state index contributed by atoms with van der Waals surface area (Å²) in [6, 6.07) is 13.6. The predicted octanol–water partition coefficient (Wildman–Crippen LogP) is 1.30. The molecule has 1 aliphatic rings. The first-order chi connectivity index (χ1) is 14.9. The van der Waals surface area contributed by atoms with Crippen molar-refractivity contribution >= 4 is 0 Å². The van der Waals surface area contributed by atoms with Gasteiger partial charge in [0.15, 0.2) is 0 Å². The fourth-order valence-electron chi connectivity index (χ4n) is 4.11. The monoisotopic (exact) mass is 432 g/mol. The first-order valence-electron chi connectivity index (χ1n) is 10.5. The van der Waals surface area contributed by atoms with Crippen molar-refractivity contribution in [1.29, 1.82) is 0 Å². The SMILES string of the molecule is CCOc1ccc(Cc2cc([C@@]3(COC)O[C@@H](CO)[C@@H](O)[C@H](O)[C@H]3O)ccc2C)cc1. The van der Waals surface area contributed by atoms with Crippen LogP contribution in [0.5, 0.6) is 5.75 Å². The molecule has 0 saturated carbocycles. The Morgan fingerprint density at radius 2 is 1.74 bits per heavy atom. The Balaban J connectivity index is 1.96. The number of rotatable bonds is 8. The van der Waals surface area contributed by atoms with E-state index in [1.54, 1.807) is 0 Å². The summed E-state index contributed by atoms with van der Waals surface area (Å²) >= 11 is 0. The number of aliphatic hydroxyl groups excluding tert-OH is 4. The molecule has 1 fully saturated rings. The molecule has 2 aromatic rings. The van der Waals surface area contributed by atoms with E-state index in [1.165, 1.54) is 7.11 Å². The minimum atomic E-state index is -1.49. The molecule has 1 heterocycles. The molecule has 7 nitrogen and oxygen atoms in total. The third-order valence-electron chi connectivity index (χ3n) is 5.90. The molecule has 2 aromatic carbocycles. The van der Waals surface area contributed by atoms with Crippen molar-refractivity contribution in [1.82, 2.24) is 0 Å². The second-order valence-electron chi connectivity index (χ2n) is 7.98. The van der Waals surface area contributed by atoms with Gasteiger partial charge in [0.05, 0.1) is 19.8 Å². The Bertz CT molecular complexity index is 852. The average Bonchev–Trinajstić information content (AvgIpc) is 2.77. The second-order valence-corrected chi connectivity index (χ2v) is 7.98. The summed E-state index contributed by atoms with van der Waals surface area (Å²) in [6.07, 6.45) is -4.73. The minimum absolute atomic E-state index is 0.0556. The molecule has 1 aliphatic heterocycles. The van der Waals surface area contributed by atoms with E-state index in [9.17, 15) is 20.4 Å². The highest BCUT2D eigenvalue weighted by Gasteiger charge is 2.54. The molecule has 7 heteroatoms. The summed E-state index contributed by atoms with van der Waals surface area (Å²) in [5, 5.41) is 41.1. The largest absolute Gasteiger partial charge is 0.494 e. The van der Waals surface area contributed by atoms with Crippen LogP contribution in [0.25, 0.3) is 0 Å². The van der Waals surface area contributed by atoms with Crippen LogP contribution in [0, 0.1) is 6.92 Å². The maximum atomic E-state index is 10.9. The van der Waals surface area contributed by atoms with Crippen molar-refractivity contribution in [2.45, 2.75) is 50.3 Å². The highest BCUT2D eigenvalue weighted by Crippen LogP contribution is 2.39. The maximum Gasteiger partial charge on any atom is 0.145 e. The van der Waals surface area contributed by atoms with Crippen LogP contribution in [0.15, 0.2) is 42.5 Å². The van der Waals surface area contributed by atoms with E-state index < -0.39 is 36.6 Å². The molecule has 5 atom stereocenters. The molecule has 4 N–H and O–H groups in total. The average molecular weight is 433 g/mol. The van der Waals surface area contributed by atoms with Crippen LogP contribution in [0.1, 0.15) is 29.2 Å². The number of hydrogen-bond acceptors (Lipinski definition) is 7. The Morgan fingerprint density at radius 1 is 1.03 bits per heavy atom. The maximum absolute atomic E-state index is 10.9. The van der Waals surface area contributed by atoms with Crippen LogP contribution in [-0.4, -0.2) is 71.8 Å². The summed E-state index contributed by atoms with van der Waals surface area (Å²) in [5.74, 6) is 0.817. The van der Waals surface area contributed by atoms with Crippen molar-refractivity contribution in [3.63, 3.8) is 0 Å². The standard InChI is InChI=1S/C24H32O7/c1-4-30-19-9-6-16(7-10-19)11-17-12-18(8-5-15(17)2)24(14-29-3)23(28)22(27)21(26)20(13-25)31-24/h5-10,12,20-23,25-28H,4,11,13-14H2,1-3H3/t20-,21+,22-,23+,24+/m0/s1. The van der Waals surface area contributed by atoms with Gasteiger partial charge < -0.3 is 34.6 Å². The normalized spacial score (nSPS) is 28.5. The topological polar surface area (TPSA) is 109 Å². The Hall–Kier alpha value is -2.00. The summed E-state index contributed by atoms with van der Waals surface area (Å²) in [5.41, 5.74) is 2.36. The molecular weight excluding hydrogens is 400 g/mol. The van der Waals surface area contributed by atoms with E-state index in [-0.39, 0.29) is 6.61 Å². The fourth-order valence-corrected chi connectivity index (χ4v) is 4.11. The van der Waals surface area contributed by atoms with Crippen LogP contribution in [0.4, 0.5) is 0 Å². The van der Waals surface area contributed by atoms with Gasteiger partial charge in [0.25, 0.3) is 0 Å². The van der Waals surface area contributed by atoms with Crippen molar-refractivity contribution in [3.8, 4) is 5.75 Å². The Labute approximate surface area is 182 Å². The van der Waals surface area contributed by atoms with Gasteiger partial charge in [0.2, 0.25) is 0 Å². The van der Waals surface area contributed by atoms with Crippen molar-refractivity contribution in [3.05, 3.63) is 64.7 Å². The minimum Gasteiger partial charge on any atom is -0.494 e. The lowest BCUT2D eigenvalue weighted by molar-refractivity contribution is -0.290. The van der Waals surface area contributed by atoms with Gasteiger partial charge in [-0.05, 0) is 54.7 Å². The fraction of sp³-hybridized carbons (Fsp3) is 0.500.